The summed E-state index contributed by atoms with van der Waals surface area (Å²) in [6, 6.07) is 27.5. The van der Waals surface area contributed by atoms with Gasteiger partial charge in [-0.25, -0.2) is 4.98 Å². The number of benzene rings is 3. The van der Waals surface area contributed by atoms with Gasteiger partial charge >= 0.3 is 0 Å². The molecule has 1 atom stereocenters. The second-order valence-corrected chi connectivity index (χ2v) is 10.2. The fourth-order valence-corrected chi connectivity index (χ4v) is 5.60. The first-order valence-electron chi connectivity index (χ1n) is 12.3. The third-order valence-electron chi connectivity index (χ3n) is 7.12. The highest BCUT2D eigenvalue weighted by Gasteiger charge is 2.44. The van der Waals surface area contributed by atoms with E-state index in [1.54, 1.807) is 17.5 Å². The van der Waals surface area contributed by atoms with Crippen molar-refractivity contribution < 1.29 is 9.59 Å². The molecule has 1 aromatic heterocycles. The number of carbonyl (C=O) groups is 2. The Bertz CT molecular complexity index is 1300. The second-order valence-electron chi connectivity index (χ2n) is 9.26. The molecule has 3 aromatic carbocycles. The van der Waals surface area contributed by atoms with E-state index in [9.17, 15) is 9.59 Å². The van der Waals surface area contributed by atoms with Crippen LogP contribution in [-0.2, 0) is 10.2 Å². The molecular weight excluding hydrogens is 466 g/mol. The van der Waals surface area contributed by atoms with Crippen LogP contribution in [0, 0.1) is 0 Å². The Morgan fingerprint density at radius 2 is 1.56 bits per heavy atom. The molecule has 1 fully saturated rings. The number of likely N-dealkylation sites (tertiary alicyclic amines) is 1. The van der Waals surface area contributed by atoms with Crippen LogP contribution in [0.3, 0.4) is 0 Å². The van der Waals surface area contributed by atoms with Crippen molar-refractivity contribution in [2.75, 3.05) is 13.1 Å². The Morgan fingerprint density at radius 1 is 0.917 bits per heavy atom. The van der Waals surface area contributed by atoms with E-state index in [0.29, 0.717) is 31.5 Å². The quantitative estimate of drug-likeness (QED) is 0.364. The summed E-state index contributed by atoms with van der Waals surface area (Å²) in [7, 11) is 0. The monoisotopic (exact) mass is 495 g/mol. The second kappa shape index (κ2) is 10.5. The first-order valence-corrected chi connectivity index (χ1v) is 13.2. The molecule has 1 unspecified atom stereocenters. The van der Waals surface area contributed by atoms with Crippen LogP contribution >= 0.6 is 11.3 Å². The average Bonchev–Trinajstić information content (AvgIpc) is 3.49. The number of carbonyl (C=O) groups excluding carboxylic acids is 2. The van der Waals surface area contributed by atoms with Crippen LogP contribution in [0.5, 0.6) is 0 Å². The van der Waals surface area contributed by atoms with Crippen molar-refractivity contribution in [3.05, 3.63) is 113 Å². The highest BCUT2D eigenvalue weighted by molar-refractivity contribution is 7.13. The zero-order chi connectivity index (χ0) is 25.0. The summed E-state index contributed by atoms with van der Waals surface area (Å²) in [4.78, 5) is 33.3. The summed E-state index contributed by atoms with van der Waals surface area (Å²) >= 11 is 1.58. The van der Waals surface area contributed by atoms with Crippen LogP contribution in [0.15, 0.2) is 96.5 Å². The molecule has 182 valence electrons. The minimum absolute atomic E-state index is 0.000382. The molecule has 6 heteroatoms. The van der Waals surface area contributed by atoms with E-state index in [1.165, 1.54) is 0 Å². The molecule has 1 N–H and O–H groups in total. The maximum atomic E-state index is 13.8. The van der Waals surface area contributed by atoms with Gasteiger partial charge in [0.1, 0.15) is 5.01 Å². The lowest BCUT2D eigenvalue weighted by molar-refractivity contribution is -0.129. The van der Waals surface area contributed by atoms with Crippen molar-refractivity contribution in [2.45, 2.75) is 31.2 Å². The topological polar surface area (TPSA) is 62.3 Å². The van der Waals surface area contributed by atoms with E-state index >= 15 is 0 Å². The van der Waals surface area contributed by atoms with E-state index in [1.807, 2.05) is 102 Å². The first-order chi connectivity index (χ1) is 17.6. The SMILES string of the molecule is CC(NC(=O)C1(c2ccccc2)CCN(C(=O)c2ccc(-c3nccs3)cc2)CC1)c1ccccc1. The molecule has 1 saturated heterocycles. The third kappa shape index (κ3) is 4.82. The predicted molar refractivity (Wildman–Crippen MR) is 144 cm³/mol. The Kier molecular flexibility index (Phi) is 6.96. The highest BCUT2D eigenvalue weighted by atomic mass is 32.1. The van der Waals surface area contributed by atoms with Crippen LogP contribution in [0.25, 0.3) is 10.6 Å². The number of nitrogens with one attached hydrogen (secondary N) is 1. The Balaban J connectivity index is 1.32. The smallest absolute Gasteiger partial charge is 0.253 e. The summed E-state index contributed by atoms with van der Waals surface area (Å²) in [6.45, 7) is 3.06. The minimum atomic E-state index is -0.671. The number of thiazole rings is 1. The molecular formula is C30H29N3O2S. The van der Waals surface area contributed by atoms with Gasteiger partial charge in [0.05, 0.1) is 11.5 Å². The number of aromatic nitrogens is 1. The normalized spacial score (nSPS) is 15.8. The lowest BCUT2D eigenvalue weighted by Crippen LogP contribution is -2.53. The standard InChI is InChI=1S/C30H29N3O2S/c1-22(23-8-4-2-5-9-23)32-29(35)30(26-10-6-3-7-11-26)16-19-33(20-17-30)28(34)25-14-12-24(13-15-25)27-31-18-21-36-27/h2-15,18,21-22H,16-17,19-20H2,1H3,(H,32,35). The van der Waals surface area contributed by atoms with Gasteiger partial charge in [-0.2, -0.15) is 0 Å². The van der Waals surface area contributed by atoms with Gasteiger partial charge < -0.3 is 10.2 Å². The van der Waals surface area contributed by atoms with Crippen LogP contribution in [-0.4, -0.2) is 34.8 Å². The van der Waals surface area contributed by atoms with Crippen LogP contribution in [0.1, 0.15) is 47.3 Å². The molecule has 1 aliphatic rings. The van der Waals surface area contributed by atoms with E-state index < -0.39 is 5.41 Å². The predicted octanol–water partition coefficient (Wildman–Crippen LogP) is 5.86. The molecule has 0 radical (unpaired) electrons. The van der Waals surface area contributed by atoms with E-state index in [0.717, 1.165) is 21.7 Å². The maximum Gasteiger partial charge on any atom is 0.253 e. The third-order valence-corrected chi connectivity index (χ3v) is 7.95. The molecule has 36 heavy (non-hydrogen) atoms. The summed E-state index contributed by atoms with van der Waals surface area (Å²) in [6.07, 6.45) is 2.93. The molecule has 0 bridgehead atoms. The fourth-order valence-electron chi connectivity index (χ4n) is 4.96. The molecule has 1 aliphatic heterocycles. The number of piperidine rings is 1. The van der Waals surface area contributed by atoms with E-state index in [-0.39, 0.29) is 17.9 Å². The molecule has 4 aromatic rings. The van der Waals surface area contributed by atoms with Crippen molar-refractivity contribution in [1.82, 2.24) is 15.2 Å². The number of rotatable bonds is 6. The summed E-state index contributed by atoms with van der Waals surface area (Å²) < 4.78 is 0. The van der Waals surface area contributed by atoms with Crippen LogP contribution in [0.4, 0.5) is 0 Å². The van der Waals surface area contributed by atoms with Gasteiger partial charge in [-0.1, -0.05) is 72.8 Å². The molecule has 2 amide bonds. The average molecular weight is 496 g/mol. The lowest BCUT2D eigenvalue weighted by atomic mass is 9.71. The van der Waals surface area contributed by atoms with Gasteiger partial charge in [-0.15, -0.1) is 11.3 Å². The fraction of sp³-hybridized carbons (Fsp3) is 0.233. The maximum absolute atomic E-state index is 13.8. The van der Waals surface area contributed by atoms with Crippen molar-refractivity contribution in [3.63, 3.8) is 0 Å². The summed E-state index contributed by atoms with van der Waals surface area (Å²) in [5, 5.41) is 6.14. The van der Waals surface area contributed by atoms with Gasteiger partial charge in [-0.3, -0.25) is 9.59 Å². The summed E-state index contributed by atoms with van der Waals surface area (Å²) in [5.74, 6) is 0.0189. The van der Waals surface area contributed by atoms with Gasteiger partial charge in [0.25, 0.3) is 5.91 Å². The van der Waals surface area contributed by atoms with Gasteiger partial charge in [-0.05, 0) is 43.0 Å². The highest BCUT2D eigenvalue weighted by Crippen LogP contribution is 2.37. The van der Waals surface area contributed by atoms with E-state index in [4.69, 9.17) is 0 Å². The Hall–Kier alpha value is -3.77. The number of amides is 2. The zero-order valence-electron chi connectivity index (χ0n) is 20.3. The molecule has 0 saturated carbocycles. The number of hydrogen-bond acceptors (Lipinski definition) is 4. The van der Waals surface area contributed by atoms with Gasteiger partial charge in [0.15, 0.2) is 0 Å². The largest absolute Gasteiger partial charge is 0.349 e. The Labute approximate surface area is 215 Å². The Morgan fingerprint density at radius 3 is 2.17 bits per heavy atom. The number of hydrogen-bond donors (Lipinski definition) is 1. The molecule has 2 heterocycles. The summed E-state index contributed by atoms with van der Waals surface area (Å²) in [5.41, 5.74) is 3.07. The number of nitrogens with zero attached hydrogens (tertiary/aromatic N) is 2. The zero-order valence-corrected chi connectivity index (χ0v) is 21.1. The van der Waals surface area contributed by atoms with Crippen LogP contribution < -0.4 is 5.32 Å². The van der Waals surface area contributed by atoms with Crippen molar-refractivity contribution >= 4 is 23.2 Å². The van der Waals surface area contributed by atoms with Crippen molar-refractivity contribution in [2.24, 2.45) is 0 Å². The molecule has 0 spiro atoms. The molecule has 5 nitrogen and oxygen atoms in total. The molecule has 0 aliphatic carbocycles. The first kappa shape index (κ1) is 23.9. The van der Waals surface area contributed by atoms with Crippen molar-refractivity contribution in [3.8, 4) is 10.6 Å². The van der Waals surface area contributed by atoms with E-state index in [2.05, 4.69) is 10.3 Å². The van der Waals surface area contributed by atoms with Crippen molar-refractivity contribution in [1.29, 1.82) is 0 Å². The van der Waals surface area contributed by atoms with Gasteiger partial charge in [0, 0.05) is 35.8 Å². The van der Waals surface area contributed by atoms with Gasteiger partial charge in [0.2, 0.25) is 5.91 Å². The van der Waals surface area contributed by atoms with Crippen LogP contribution in [0.2, 0.25) is 0 Å². The lowest BCUT2D eigenvalue weighted by Gasteiger charge is -2.41. The molecule has 5 rings (SSSR count). The minimum Gasteiger partial charge on any atom is -0.349 e.